The Morgan fingerprint density at radius 1 is 1.29 bits per heavy atom. The fourth-order valence-electron chi connectivity index (χ4n) is 3.90. The minimum absolute atomic E-state index is 0.0117. The highest BCUT2D eigenvalue weighted by molar-refractivity contribution is 7.10. The second kappa shape index (κ2) is 10.8. The maximum absolute atomic E-state index is 14.0. The van der Waals surface area contributed by atoms with Crippen molar-refractivity contribution in [2.24, 2.45) is 5.92 Å². The van der Waals surface area contributed by atoms with Gasteiger partial charge >= 0.3 is 0 Å². The number of carbonyl (C=O) groups excluding carboxylic acids is 2. The van der Waals surface area contributed by atoms with E-state index in [9.17, 15) is 14.0 Å². The SMILES string of the molecule is CCCN(CC(=O)N1CCc2sccc2C1COc1ccccc1F)C(=O)CC(C)C. The Morgan fingerprint density at radius 2 is 2.06 bits per heavy atom. The minimum Gasteiger partial charge on any atom is -0.488 e. The first-order chi connectivity index (χ1) is 14.9. The molecule has 0 N–H and O–H groups in total. The molecule has 31 heavy (non-hydrogen) atoms. The molecule has 1 unspecified atom stereocenters. The number of nitrogens with zero attached hydrogens (tertiary/aromatic N) is 2. The van der Waals surface area contributed by atoms with Crippen LogP contribution in [0.25, 0.3) is 0 Å². The number of benzene rings is 1. The van der Waals surface area contributed by atoms with Crippen molar-refractivity contribution in [1.29, 1.82) is 0 Å². The van der Waals surface area contributed by atoms with Crippen molar-refractivity contribution in [1.82, 2.24) is 9.80 Å². The average Bonchev–Trinajstić information content (AvgIpc) is 3.21. The van der Waals surface area contributed by atoms with Crippen molar-refractivity contribution >= 4 is 23.2 Å². The second-order valence-corrected chi connectivity index (χ2v) is 9.31. The molecule has 0 saturated heterocycles. The van der Waals surface area contributed by atoms with Gasteiger partial charge in [-0.25, -0.2) is 4.39 Å². The molecule has 2 aromatic rings. The second-order valence-electron chi connectivity index (χ2n) is 8.31. The number of hydrogen-bond acceptors (Lipinski definition) is 4. The van der Waals surface area contributed by atoms with Crippen LogP contribution in [0.3, 0.4) is 0 Å². The van der Waals surface area contributed by atoms with Crippen LogP contribution in [0.5, 0.6) is 5.75 Å². The molecular formula is C24H31FN2O3S. The monoisotopic (exact) mass is 446 g/mol. The topological polar surface area (TPSA) is 49.9 Å². The lowest BCUT2D eigenvalue weighted by Gasteiger charge is -2.37. The van der Waals surface area contributed by atoms with E-state index in [-0.39, 0.29) is 42.7 Å². The predicted octanol–water partition coefficient (Wildman–Crippen LogP) is 4.68. The summed E-state index contributed by atoms with van der Waals surface area (Å²) in [6.45, 7) is 7.37. The Balaban J connectivity index is 1.76. The molecule has 2 amide bonds. The number of thiophene rings is 1. The summed E-state index contributed by atoms with van der Waals surface area (Å²) in [5, 5.41) is 2.02. The van der Waals surface area contributed by atoms with E-state index in [1.807, 2.05) is 32.2 Å². The average molecular weight is 447 g/mol. The third-order valence-corrected chi connectivity index (χ3v) is 6.40. The molecule has 2 heterocycles. The summed E-state index contributed by atoms with van der Waals surface area (Å²) < 4.78 is 19.8. The fraction of sp³-hybridized carbons (Fsp3) is 0.500. The van der Waals surface area contributed by atoms with E-state index in [4.69, 9.17) is 4.74 Å². The Morgan fingerprint density at radius 3 is 2.77 bits per heavy atom. The first kappa shape index (κ1) is 23.3. The van der Waals surface area contributed by atoms with Gasteiger partial charge in [0.25, 0.3) is 0 Å². The lowest BCUT2D eigenvalue weighted by Crippen LogP contribution is -2.48. The van der Waals surface area contributed by atoms with Crippen molar-refractivity contribution in [3.05, 3.63) is 52.0 Å². The molecule has 3 rings (SSSR count). The highest BCUT2D eigenvalue weighted by Gasteiger charge is 2.33. The van der Waals surface area contributed by atoms with Crippen LogP contribution in [0, 0.1) is 11.7 Å². The lowest BCUT2D eigenvalue weighted by atomic mass is 10.00. The van der Waals surface area contributed by atoms with E-state index in [0.29, 0.717) is 19.5 Å². The number of hydrogen-bond donors (Lipinski definition) is 0. The Hall–Kier alpha value is -2.41. The number of amides is 2. The molecule has 1 atom stereocenters. The Labute approximate surface area is 187 Å². The third kappa shape index (κ3) is 5.85. The first-order valence-corrected chi connectivity index (χ1v) is 11.8. The smallest absolute Gasteiger partial charge is 0.242 e. The van der Waals surface area contributed by atoms with Crippen LogP contribution in [0.4, 0.5) is 4.39 Å². The number of ether oxygens (including phenoxy) is 1. The van der Waals surface area contributed by atoms with Crippen molar-refractivity contribution in [2.45, 2.75) is 46.1 Å². The number of fused-ring (bicyclic) bond motifs is 1. The Bertz CT molecular complexity index is 898. The van der Waals surface area contributed by atoms with E-state index in [2.05, 4.69) is 0 Å². The third-order valence-electron chi connectivity index (χ3n) is 5.40. The molecule has 5 nitrogen and oxygen atoms in total. The lowest BCUT2D eigenvalue weighted by molar-refractivity contribution is -0.143. The van der Waals surface area contributed by atoms with E-state index < -0.39 is 5.82 Å². The van der Waals surface area contributed by atoms with Crippen LogP contribution in [-0.2, 0) is 16.0 Å². The molecule has 168 valence electrons. The zero-order valence-electron chi connectivity index (χ0n) is 18.5. The number of halogens is 1. The van der Waals surface area contributed by atoms with Gasteiger partial charge in [-0.15, -0.1) is 11.3 Å². The summed E-state index contributed by atoms with van der Waals surface area (Å²) in [5.41, 5.74) is 1.05. The van der Waals surface area contributed by atoms with E-state index >= 15 is 0 Å². The van der Waals surface area contributed by atoms with Crippen molar-refractivity contribution in [2.75, 3.05) is 26.2 Å². The number of rotatable bonds is 9. The molecule has 1 aromatic carbocycles. The quantitative estimate of drug-likeness (QED) is 0.562. The minimum atomic E-state index is -0.421. The van der Waals surface area contributed by atoms with Gasteiger partial charge in [0, 0.05) is 24.4 Å². The van der Waals surface area contributed by atoms with Gasteiger partial charge < -0.3 is 14.5 Å². The summed E-state index contributed by atoms with van der Waals surface area (Å²) in [5.74, 6) is -0.0820. The van der Waals surface area contributed by atoms with Crippen molar-refractivity contribution in [3.63, 3.8) is 0 Å². The highest BCUT2D eigenvalue weighted by Crippen LogP contribution is 2.34. The number of para-hydroxylation sites is 1. The van der Waals surface area contributed by atoms with Gasteiger partial charge in [-0.3, -0.25) is 9.59 Å². The molecule has 0 fully saturated rings. The summed E-state index contributed by atoms with van der Waals surface area (Å²) in [6, 6.07) is 8.01. The van der Waals surface area contributed by atoms with Crippen LogP contribution in [-0.4, -0.2) is 47.9 Å². The van der Waals surface area contributed by atoms with E-state index in [0.717, 1.165) is 18.4 Å². The van der Waals surface area contributed by atoms with Gasteiger partial charge in [-0.2, -0.15) is 0 Å². The number of carbonyl (C=O) groups is 2. The highest BCUT2D eigenvalue weighted by atomic mass is 32.1. The zero-order valence-corrected chi connectivity index (χ0v) is 19.3. The molecule has 1 aliphatic heterocycles. The fourth-order valence-corrected chi connectivity index (χ4v) is 4.83. The molecule has 7 heteroatoms. The van der Waals surface area contributed by atoms with E-state index in [1.165, 1.54) is 10.9 Å². The molecule has 0 spiro atoms. The van der Waals surface area contributed by atoms with E-state index in [1.54, 1.807) is 39.3 Å². The van der Waals surface area contributed by atoms with Gasteiger partial charge in [0.2, 0.25) is 11.8 Å². The van der Waals surface area contributed by atoms with Gasteiger partial charge in [0.05, 0.1) is 12.6 Å². The van der Waals surface area contributed by atoms with Crippen LogP contribution < -0.4 is 4.74 Å². The van der Waals surface area contributed by atoms with Crippen LogP contribution >= 0.6 is 11.3 Å². The normalized spacial score (nSPS) is 15.6. The van der Waals surface area contributed by atoms with Crippen LogP contribution in [0.1, 0.15) is 50.1 Å². The van der Waals surface area contributed by atoms with Gasteiger partial charge in [-0.1, -0.05) is 32.9 Å². The standard InChI is InChI=1S/C24H31FN2O3S/c1-4-11-26(23(28)14-17(2)3)15-24(29)27-12-9-22-18(10-13-31-22)20(27)16-30-21-8-6-5-7-19(21)25/h5-8,10,13,17,20H,4,9,11-12,14-16H2,1-3H3. The zero-order chi connectivity index (χ0) is 22.4. The first-order valence-electron chi connectivity index (χ1n) is 10.9. The van der Waals surface area contributed by atoms with Crippen molar-refractivity contribution < 1.29 is 18.7 Å². The predicted molar refractivity (Wildman–Crippen MR) is 121 cm³/mol. The summed E-state index contributed by atoms with van der Waals surface area (Å²) >= 11 is 1.67. The molecule has 1 aromatic heterocycles. The Kier molecular flexibility index (Phi) is 8.07. The van der Waals surface area contributed by atoms with Gasteiger partial charge in [-0.05, 0) is 47.9 Å². The maximum Gasteiger partial charge on any atom is 0.242 e. The summed E-state index contributed by atoms with van der Waals surface area (Å²) in [4.78, 5) is 30.6. The molecule has 0 radical (unpaired) electrons. The van der Waals surface area contributed by atoms with Crippen molar-refractivity contribution in [3.8, 4) is 5.75 Å². The largest absolute Gasteiger partial charge is 0.488 e. The molecule has 0 aliphatic carbocycles. The molecular weight excluding hydrogens is 415 g/mol. The van der Waals surface area contributed by atoms with Gasteiger partial charge in [0.15, 0.2) is 11.6 Å². The molecule has 0 bridgehead atoms. The molecule has 1 aliphatic rings. The van der Waals surface area contributed by atoms with Gasteiger partial charge in [0.1, 0.15) is 6.61 Å². The summed E-state index contributed by atoms with van der Waals surface area (Å²) in [7, 11) is 0. The summed E-state index contributed by atoms with van der Waals surface area (Å²) in [6.07, 6.45) is 2.01. The maximum atomic E-state index is 14.0. The van der Waals surface area contributed by atoms with Crippen LogP contribution in [0.15, 0.2) is 35.7 Å². The molecule has 0 saturated carbocycles. The van der Waals surface area contributed by atoms with Crippen LogP contribution in [0.2, 0.25) is 0 Å².